The smallest absolute Gasteiger partial charge is 0.410 e. The highest BCUT2D eigenvalue weighted by molar-refractivity contribution is 7.13. The van der Waals surface area contributed by atoms with Crippen molar-refractivity contribution < 1.29 is 24.2 Å². The summed E-state index contributed by atoms with van der Waals surface area (Å²) in [6.45, 7) is 1.18. The molecule has 1 aromatic rings. The molecule has 0 aliphatic carbocycles. The van der Waals surface area contributed by atoms with E-state index in [0.717, 1.165) is 5.69 Å². The number of aromatic nitrogens is 1. The number of amides is 3. The van der Waals surface area contributed by atoms with Crippen molar-refractivity contribution in [3.63, 3.8) is 0 Å². The van der Waals surface area contributed by atoms with Crippen molar-refractivity contribution in [2.75, 3.05) is 38.5 Å². The molecular formula is C16H23N5O5S. The predicted octanol–water partition coefficient (Wildman–Crippen LogP) is -0.812. The average molecular weight is 397 g/mol. The number of hydrogen-bond acceptors (Lipinski definition) is 8. The number of nitrogens with two attached hydrogens (primary N) is 1. The maximum Gasteiger partial charge on any atom is 0.410 e. The molecule has 2 aliphatic heterocycles. The summed E-state index contributed by atoms with van der Waals surface area (Å²) >= 11 is 1.34. The van der Waals surface area contributed by atoms with Gasteiger partial charge < -0.3 is 25.8 Å². The number of likely N-dealkylation sites (tertiary alicyclic amines) is 1. The first-order chi connectivity index (χ1) is 12.9. The van der Waals surface area contributed by atoms with Gasteiger partial charge in [-0.05, 0) is 12.8 Å². The summed E-state index contributed by atoms with van der Waals surface area (Å²) in [6.07, 6.45) is -0.0820. The Hall–Kier alpha value is -2.40. The second-order valence-corrected chi connectivity index (χ2v) is 7.47. The van der Waals surface area contributed by atoms with Crippen LogP contribution in [0.25, 0.3) is 0 Å². The third kappa shape index (κ3) is 5.07. The van der Waals surface area contributed by atoms with Crippen molar-refractivity contribution in [1.82, 2.24) is 20.1 Å². The van der Waals surface area contributed by atoms with E-state index in [1.54, 1.807) is 4.90 Å². The van der Waals surface area contributed by atoms with Crippen LogP contribution in [-0.4, -0.2) is 82.7 Å². The number of carbonyl (C=O) groups excluding carboxylic acids is 3. The standard InChI is InChI=1S/C16H23N5O5S/c17-15-18-10(9-27-15)1-2-14(24)20-4-3-12(22)11(7-20)19-13(23)8-21-5-6-26-16(21)25/h9,11-12,22H,1-8H2,(H2,17,18)(H,19,23)/t11-,12+/m1/s1. The van der Waals surface area contributed by atoms with Gasteiger partial charge in [0.05, 0.1) is 24.4 Å². The molecule has 0 saturated carbocycles. The number of nitrogens with one attached hydrogen (secondary N) is 1. The molecule has 0 aromatic carbocycles. The summed E-state index contributed by atoms with van der Waals surface area (Å²) in [5.41, 5.74) is 6.37. The van der Waals surface area contributed by atoms with E-state index in [1.165, 1.54) is 16.2 Å². The van der Waals surface area contributed by atoms with Crippen molar-refractivity contribution in [3.05, 3.63) is 11.1 Å². The Bertz CT molecular complexity index is 711. The zero-order valence-electron chi connectivity index (χ0n) is 14.8. The number of ether oxygens (including phenoxy) is 1. The fourth-order valence-corrected chi connectivity index (χ4v) is 3.73. The molecule has 1 aromatic heterocycles. The lowest BCUT2D eigenvalue weighted by Crippen LogP contribution is -2.57. The molecule has 3 heterocycles. The summed E-state index contributed by atoms with van der Waals surface area (Å²) in [5.74, 6) is -0.444. The minimum absolute atomic E-state index is 0.0594. The van der Waals surface area contributed by atoms with Crippen molar-refractivity contribution in [3.8, 4) is 0 Å². The first kappa shape index (κ1) is 19.4. The number of thiazole rings is 1. The molecule has 3 rings (SSSR count). The van der Waals surface area contributed by atoms with Gasteiger partial charge in [0.2, 0.25) is 11.8 Å². The number of aryl methyl sites for hydroxylation is 1. The van der Waals surface area contributed by atoms with Crippen LogP contribution in [0.1, 0.15) is 18.5 Å². The van der Waals surface area contributed by atoms with E-state index in [-0.39, 0.29) is 31.5 Å². The third-order valence-electron chi connectivity index (χ3n) is 4.62. The van der Waals surface area contributed by atoms with Gasteiger partial charge >= 0.3 is 6.09 Å². The molecule has 0 radical (unpaired) electrons. The number of nitrogen functional groups attached to an aromatic ring is 1. The van der Waals surface area contributed by atoms with E-state index in [4.69, 9.17) is 10.5 Å². The fraction of sp³-hybridized carbons (Fsp3) is 0.625. The van der Waals surface area contributed by atoms with Gasteiger partial charge in [-0.1, -0.05) is 0 Å². The van der Waals surface area contributed by atoms with Crippen LogP contribution >= 0.6 is 11.3 Å². The van der Waals surface area contributed by atoms with Gasteiger partial charge in [0.15, 0.2) is 5.13 Å². The highest BCUT2D eigenvalue weighted by Crippen LogP contribution is 2.16. The number of nitrogens with zero attached hydrogens (tertiary/aromatic N) is 3. The van der Waals surface area contributed by atoms with E-state index in [0.29, 0.717) is 37.5 Å². The Morgan fingerprint density at radius 2 is 2.26 bits per heavy atom. The Kier molecular flexibility index (Phi) is 6.11. The third-order valence-corrected chi connectivity index (χ3v) is 5.34. The van der Waals surface area contributed by atoms with Crippen molar-refractivity contribution in [2.45, 2.75) is 31.4 Å². The Labute approximate surface area is 160 Å². The molecule has 2 atom stereocenters. The fourth-order valence-electron chi connectivity index (χ4n) is 3.13. The van der Waals surface area contributed by atoms with E-state index in [9.17, 15) is 19.5 Å². The van der Waals surface area contributed by atoms with Gasteiger partial charge in [0, 0.05) is 24.9 Å². The number of aliphatic hydroxyl groups is 1. The lowest BCUT2D eigenvalue weighted by Gasteiger charge is -2.36. The number of carbonyl (C=O) groups is 3. The zero-order valence-corrected chi connectivity index (χ0v) is 15.6. The second kappa shape index (κ2) is 8.53. The van der Waals surface area contributed by atoms with E-state index in [2.05, 4.69) is 10.3 Å². The highest BCUT2D eigenvalue weighted by Gasteiger charge is 2.32. The van der Waals surface area contributed by atoms with Gasteiger partial charge in [-0.25, -0.2) is 9.78 Å². The highest BCUT2D eigenvalue weighted by atomic mass is 32.1. The molecule has 2 aliphatic rings. The summed E-state index contributed by atoms with van der Waals surface area (Å²) in [4.78, 5) is 43.1. The van der Waals surface area contributed by atoms with Crippen LogP contribution < -0.4 is 11.1 Å². The molecule has 11 heteroatoms. The summed E-state index contributed by atoms with van der Waals surface area (Å²) in [5, 5.41) is 15.2. The maximum absolute atomic E-state index is 12.4. The number of anilines is 1. The number of aliphatic hydroxyl groups excluding tert-OH is 1. The molecule has 2 fully saturated rings. The molecule has 0 bridgehead atoms. The van der Waals surface area contributed by atoms with Crippen LogP contribution in [0.2, 0.25) is 0 Å². The maximum atomic E-state index is 12.4. The van der Waals surface area contributed by atoms with Crippen LogP contribution in [0.4, 0.5) is 9.93 Å². The molecule has 0 unspecified atom stereocenters. The van der Waals surface area contributed by atoms with Crippen molar-refractivity contribution in [2.24, 2.45) is 0 Å². The molecule has 3 amide bonds. The predicted molar refractivity (Wildman–Crippen MR) is 96.9 cm³/mol. The van der Waals surface area contributed by atoms with Crippen LogP contribution in [0.3, 0.4) is 0 Å². The molecule has 2 saturated heterocycles. The Morgan fingerprint density at radius 1 is 1.44 bits per heavy atom. The van der Waals surface area contributed by atoms with Crippen LogP contribution in [0.5, 0.6) is 0 Å². The minimum atomic E-state index is -0.734. The first-order valence-electron chi connectivity index (χ1n) is 8.79. The van der Waals surface area contributed by atoms with E-state index in [1.807, 2.05) is 5.38 Å². The lowest BCUT2D eigenvalue weighted by molar-refractivity contribution is -0.135. The Morgan fingerprint density at radius 3 is 2.93 bits per heavy atom. The largest absolute Gasteiger partial charge is 0.448 e. The summed E-state index contributed by atoms with van der Waals surface area (Å²) < 4.78 is 4.78. The van der Waals surface area contributed by atoms with Crippen molar-refractivity contribution in [1.29, 1.82) is 0 Å². The zero-order chi connectivity index (χ0) is 19.4. The monoisotopic (exact) mass is 397 g/mol. The number of piperidine rings is 1. The van der Waals surface area contributed by atoms with Gasteiger partial charge in [-0.3, -0.25) is 14.5 Å². The number of cyclic esters (lactones) is 1. The van der Waals surface area contributed by atoms with Crippen molar-refractivity contribution >= 4 is 34.4 Å². The summed E-state index contributed by atoms with van der Waals surface area (Å²) in [7, 11) is 0. The number of hydrogen-bond donors (Lipinski definition) is 3. The first-order valence-corrected chi connectivity index (χ1v) is 9.67. The topological polar surface area (TPSA) is 138 Å². The average Bonchev–Trinajstić information content (AvgIpc) is 3.23. The van der Waals surface area contributed by atoms with Crippen LogP contribution in [0.15, 0.2) is 5.38 Å². The number of rotatable bonds is 6. The molecule has 10 nitrogen and oxygen atoms in total. The van der Waals surface area contributed by atoms with Gasteiger partial charge in [-0.2, -0.15) is 0 Å². The van der Waals surface area contributed by atoms with Gasteiger partial charge in [-0.15, -0.1) is 11.3 Å². The minimum Gasteiger partial charge on any atom is -0.448 e. The van der Waals surface area contributed by atoms with Crippen LogP contribution in [0, 0.1) is 0 Å². The molecule has 148 valence electrons. The van der Waals surface area contributed by atoms with Gasteiger partial charge in [0.25, 0.3) is 0 Å². The SMILES string of the molecule is Nc1nc(CCC(=O)N2CC[C@H](O)[C@H](NC(=O)CN3CCOC3=O)C2)cs1. The molecular weight excluding hydrogens is 374 g/mol. The van der Waals surface area contributed by atoms with Gasteiger partial charge in [0.1, 0.15) is 13.2 Å². The Balaban J connectivity index is 1.48. The van der Waals surface area contributed by atoms with E-state index < -0.39 is 18.2 Å². The summed E-state index contributed by atoms with van der Waals surface area (Å²) in [6, 6.07) is -0.566. The normalized spacial score (nSPS) is 22.6. The molecule has 27 heavy (non-hydrogen) atoms. The quantitative estimate of drug-likeness (QED) is 0.570. The van der Waals surface area contributed by atoms with Crippen LogP contribution in [-0.2, 0) is 20.7 Å². The molecule has 0 spiro atoms. The lowest BCUT2D eigenvalue weighted by atomic mass is 10.0. The second-order valence-electron chi connectivity index (χ2n) is 6.58. The molecule has 4 N–H and O–H groups in total. The van der Waals surface area contributed by atoms with E-state index >= 15 is 0 Å².